The maximum atomic E-state index is 13.8. The number of aliphatic hydroxyl groups is 1. The number of hydrogen-bond acceptors (Lipinski definition) is 3. The number of rotatable bonds is 3. The predicted molar refractivity (Wildman–Crippen MR) is 69.9 cm³/mol. The minimum Gasteiger partial charge on any atom is -0.396 e. The van der Waals surface area contributed by atoms with E-state index >= 15 is 0 Å². The van der Waals surface area contributed by atoms with E-state index in [2.05, 4.69) is 0 Å². The molecule has 0 radical (unpaired) electrons. The SMILES string of the molecule is C[C@@H]1CN(S(=O)(=O)c2cc(C(F)(F)F)ccc2F)C[C@H]1CO. The quantitative estimate of drug-likeness (QED) is 0.857. The summed E-state index contributed by atoms with van der Waals surface area (Å²) in [6, 6.07) is 1.30. The normalized spacial score (nSPS) is 23.9. The van der Waals surface area contributed by atoms with Crippen molar-refractivity contribution >= 4 is 10.0 Å². The molecule has 0 bridgehead atoms. The van der Waals surface area contributed by atoms with Gasteiger partial charge in [0, 0.05) is 19.7 Å². The van der Waals surface area contributed by atoms with Crippen molar-refractivity contribution in [2.75, 3.05) is 19.7 Å². The zero-order valence-electron chi connectivity index (χ0n) is 11.6. The van der Waals surface area contributed by atoms with Crippen LogP contribution in [-0.4, -0.2) is 37.5 Å². The van der Waals surface area contributed by atoms with Crippen LogP contribution in [0.3, 0.4) is 0 Å². The van der Waals surface area contributed by atoms with Crippen molar-refractivity contribution in [1.29, 1.82) is 0 Å². The largest absolute Gasteiger partial charge is 0.416 e. The summed E-state index contributed by atoms with van der Waals surface area (Å²) < 4.78 is 77.5. The Bertz CT molecular complexity index is 660. The van der Waals surface area contributed by atoms with Gasteiger partial charge in [-0.25, -0.2) is 12.8 Å². The second kappa shape index (κ2) is 5.78. The van der Waals surface area contributed by atoms with Crippen LogP contribution < -0.4 is 0 Å². The number of sulfonamides is 1. The third kappa shape index (κ3) is 3.11. The fraction of sp³-hybridized carbons (Fsp3) is 0.538. The number of aliphatic hydroxyl groups excluding tert-OH is 1. The summed E-state index contributed by atoms with van der Waals surface area (Å²) in [4.78, 5) is -0.992. The summed E-state index contributed by atoms with van der Waals surface area (Å²) >= 11 is 0. The van der Waals surface area contributed by atoms with E-state index in [4.69, 9.17) is 5.11 Å². The zero-order valence-corrected chi connectivity index (χ0v) is 12.5. The summed E-state index contributed by atoms with van der Waals surface area (Å²) in [5.74, 6) is -1.70. The van der Waals surface area contributed by atoms with E-state index in [0.717, 1.165) is 4.31 Å². The summed E-state index contributed by atoms with van der Waals surface area (Å²) in [6.07, 6.45) is -4.76. The molecule has 0 unspecified atom stereocenters. The molecule has 1 aliphatic heterocycles. The smallest absolute Gasteiger partial charge is 0.396 e. The summed E-state index contributed by atoms with van der Waals surface area (Å²) in [5.41, 5.74) is -1.22. The molecule has 1 aliphatic rings. The van der Waals surface area contributed by atoms with Crippen LogP contribution in [0.5, 0.6) is 0 Å². The van der Waals surface area contributed by atoms with Crippen molar-refractivity contribution in [3.63, 3.8) is 0 Å². The third-order valence-corrected chi connectivity index (χ3v) is 5.69. The Hall–Kier alpha value is -1.19. The number of hydrogen-bond donors (Lipinski definition) is 1. The molecule has 2 atom stereocenters. The van der Waals surface area contributed by atoms with E-state index in [9.17, 15) is 26.0 Å². The van der Waals surface area contributed by atoms with Crippen LogP contribution in [0.2, 0.25) is 0 Å². The van der Waals surface area contributed by atoms with Crippen molar-refractivity contribution < 1.29 is 31.1 Å². The Morgan fingerprint density at radius 1 is 1.32 bits per heavy atom. The van der Waals surface area contributed by atoms with Crippen LogP contribution in [0.4, 0.5) is 17.6 Å². The highest BCUT2D eigenvalue weighted by Crippen LogP contribution is 2.34. The molecule has 0 aromatic heterocycles. The molecule has 0 spiro atoms. The van der Waals surface area contributed by atoms with E-state index in [-0.39, 0.29) is 31.5 Å². The predicted octanol–water partition coefficient (Wildman–Crippen LogP) is 2.09. The van der Waals surface area contributed by atoms with Crippen LogP contribution >= 0.6 is 0 Å². The van der Waals surface area contributed by atoms with Gasteiger partial charge < -0.3 is 5.11 Å². The molecule has 1 fully saturated rings. The van der Waals surface area contributed by atoms with Crippen molar-refractivity contribution in [3.05, 3.63) is 29.6 Å². The van der Waals surface area contributed by atoms with Gasteiger partial charge in [-0.3, -0.25) is 0 Å². The van der Waals surface area contributed by atoms with Gasteiger partial charge >= 0.3 is 6.18 Å². The van der Waals surface area contributed by atoms with Gasteiger partial charge in [-0.15, -0.1) is 0 Å². The second-order valence-electron chi connectivity index (χ2n) is 5.38. The molecular formula is C13H15F4NO3S. The van der Waals surface area contributed by atoms with Gasteiger partial charge in [0.1, 0.15) is 10.7 Å². The first-order valence-electron chi connectivity index (χ1n) is 6.55. The van der Waals surface area contributed by atoms with Gasteiger partial charge in [-0.2, -0.15) is 17.5 Å². The monoisotopic (exact) mass is 341 g/mol. The lowest BCUT2D eigenvalue weighted by atomic mass is 10.00. The highest BCUT2D eigenvalue weighted by atomic mass is 32.2. The maximum absolute atomic E-state index is 13.8. The highest BCUT2D eigenvalue weighted by molar-refractivity contribution is 7.89. The first kappa shape index (κ1) is 17.2. The van der Waals surface area contributed by atoms with Crippen molar-refractivity contribution in [1.82, 2.24) is 4.31 Å². The fourth-order valence-corrected chi connectivity index (χ4v) is 4.12. The molecule has 1 saturated heterocycles. The first-order valence-corrected chi connectivity index (χ1v) is 7.99. The number of alkyl halides is 3. The minimum absolute atomic E-state index is 0.0310. The van der Waals surface area contributed by atoms with E-state index in [1.54, 1.807) is 6.92 Å². The molecule has 0 saturated carbocycles. The first-order chi connectivity index (χ1) is 10.1. The molecule has 124 valence electrons. The van der Waals surface area contributed by atoms with E-state index in [1.165, 1.54) is 0 Å². The van der Waals surface area contributed by atoms with Gasteiger partial charge in [0.15, 0.2) is 0 Å². The molecule has 1 N–H and O–H groups in total. The lowest BCUT2D eigenvalue weighted by molar-refractivity contribution is -0.137. The standard InChI is InChI=1S/C13H15F4NO3S/c1-8-5-18(6-9(8)7-19)22(20,21)12-4-10(13(15,16)17)2-3-11(12)14/h2-4,8-9,19H,5-7H2,1H3/t8-,9+/m1/s1. The number of benzene rings is 1. The lowest BCUT2D eigenvalue weighted by Gasteiger charge is -2.18. The highest BCUT2D eigenvalue weighted by Gasteiger charge is 2.39. The van der Waals surface area contributed by atoms with E-state index in [0.29, 0.717) is 18.2 Å². The average Bonchev–Trinajstić information content (AvgIpc) is 2.79. The Morgan fingerprint density at radius 3 is 2.45 bits per heavy atom. The Morgan fingerprint density at radius 2 is 1.95 bits per heavy atom. The van der Waals surface area contributed by atoms with Crippen LogP contribution in [0.15, 0.2) is 23.1 Å². The van der Waals surface area contributed by atoms with E-state index in [1.807, 2.05) is 0 Å². The van der Waals surface area contributed by atoms with Crippen LogP contribution in [0.25, 0.3) is 0 Å². The molecule has 4 nitrogen and oxygen atoms in total. The summed E-state index contributed by atoms with van der Waals surface area (Å²) in [6.45, 7) is 1.47. The van der Waals surface area contributed by atoms with Crippen LogP contribution in [-0.2, 0) is 16.2 Å². The van der Waals surface area contributed by atoms with E-state index < -0.39 is 32.5 Å². The van der Waals surface area contributed by atoms with Gasteiger partial charge in [0.2, 0.25) is 10.0 Å². The van der Waals surface area contributed by atoms with Gasteiger partial charge in [-0.05, 0) is 30.0 Å². The Balaban J connectivity index is 2.42. The summed E-state index contributed by atoms with van der Waals surface area (Å²) in [7, 11) is -4.38. The third-order valence-electron chi connectivity index (χ3n) is 3.85. The molecule has 1 aromatic rings. The van der Waals surface area contributed by atoms with Crippen LogP contribution in [0.1, 0.15) is 12.5 Å². The second-order valence-corrected chi connectivity index (χ2v) is 7.29. The van der Waals surface area contributed by atoms with Crippen molar-refractivity contribution in [3.8, 4) is 0 Å². The van der Waals surface area contributed by atoms with Crippen LogP contribution in [0, 0.1) is 17.7 Å². The fourth-order valence-electron chi connectivity index (χ4n) is 2.44. The topological polar surface area (TPSA) is 57.6 Å². The van der Waals surface area contributed by atoms with Gasteiger partial charge in [0.05, 0.1) is 5.56 Å². The molecular weight excluding hydrogens is 326 g/mol. The Labute approximate surface area is 125 Å². The summed E-state index contributed by atoms with van der Waals surface area (Å²) in [5, 5.41) is 9.15. The minimum atomic E-state index is -4.76. The average molecular weight is 341 g/mol. The molecule has 2 rings (SSSR count). The maximum Gasteiger partial charge on any atom is 0.416 e. The Kier molecular flexibility index (Phi) is 4.51. The van der Waals surface area contributed by atoms with Crippen molar-refractivity contribution in [2.24, 2.45) is 11.8 Å². The molecule has 22 heavy (non-hydrogen) atoms. The van der Waals surface area contributed by atoms with Crippen molar-refractivity contribution in [2.45, 2.75) is 18.0 Å². The number of halogens is 4. The van der Waals surface area contributed by atoms with Gasteiger partial charge in [0.25, 0.3) is 0 Å². The molecule has 0 amide bonds. The van der Waals surface area contributed by atoms with Gasteiger partial charge in [-0.1, -0.05) is 6.92 Å². The molecule has 0 aliphatic carbocycles. The molecule has 1 heterocycles. The molecule has 1 aromatic carbocycles. The molecule has 9 heteroatoms. The number of nitrogens with zero attached hydrogens (tertiary/aromatic N) is 1. The zero-order chi connectivity index (χ0) is 16.7. The lowest BCUT2D eigenvalue weighted by Crippen LogP contribution is -2.30.